The van der Waals surface area contributed by atoms with Crippen LogP contribution in [-0.4, -0.2) is 27.7 Å². The molecule has 0 saturated heterocycles. The Labute approximate surface area is 141 Å². The number of benzene rings is 2. The number of ketones is 1. The van der Waals surface area contributed by atoms with E-state index in [1.807, 2.05) is 30.3 Å². The van der Waals surface area contributed by atoms with E-state index in [1.54, 1.807) is 32.1 Å². The third-order valence-electron chi connectivity index (χ3n) is 4.18. The quantitative estimate of drug-likeness (QED) is 0.668. The van der Waals surface area contributed by atoms with Gasteiger partial charge in [0.1, 0.15) is 17.6 Å². The fourth-order valence-electron chi connectivity index (χ4n) is 2.72. The van der Waals surface area contributed by atoms with Crippen molar-refractivity contribution < 1.29 is 19.7 Å². The molecule has 0 amide bonds. The van der Waals surface area contributed by atoms with Gasteiger partial charge in [-0.1, -0.05) is 36.4 Å². The van der Waals surface area contributed by atoms with Crippen molar-refractivity contribution in [1.29, 1.82) is 0 Å². The van der Waals surface area contributed by atoms with Crippen molar-refractivity contribution in [1.82, 2.24) is 0 Å². The molecule has 0 saturated carbocycles. The van der Waals surface area contributed by atoms with Crippen LogP contribution in [0.15, 0.2) is 48.5 Å². The van der Waals surface area contributed by atoms with Crippen LogP contribution in [0.25, 0.3) is 6.08 Å². The number of allylic oxidation sites excluding steroid dienone is 1. The zero-order valence-corrected chi connectivity index (χ0v) is 13.7. The first kappa shape index (κ1) is 16.3. The number of hydrogen-bond acceptors (Lipinski definition) is 4. The Morgan fingerprint density at radius 1 is 1.21 bits per heavy atom. The highest BCUT2D eigenvalue weighted by Crippen LogP contribution is 2.40. The van der Waals surface area contributed by atoms with E-state index in [-0.39, 0.29) is 17.1 Å². The average molecular weight is 324 g/mol. The molecule has 0 spiro atoms. The second-order valence-electron chi connectivity index (χ2n) is 6.51. The first-order valence-corrected chi connectivity index (χ1v) is 7.87. The molecule has 4 nitrogen and oxygen atoms in total. The Bertz CT molecular complexity index is 785. The van der Waals surface area contributed by atoms with Gasteiger partial charge in [-0.05, 0) is 37.6 Å². The van der Waals surface area contributed by atoms with Gasteiger partial charge in [-0.2, -0.15) is 0 Å². The summed E-state index contributed by atoms with van der Waals surface area (Å²) in [6, 6.07) is 12.7. The molecule has 1 aliphatic rings. The van der Waals surface area contributed by atoms with Gasteiger partial charge < -0.3 is 14.9 Å². The van der Waals surface area contributed by atoms with Gasteiger partial charge in [0.05, 0.1) is 11.2 Å². The molecule has 1 unspecified atom stereocenters. The van der Waals surface area contributed by atoms with Crippen LogP contribution in [0.2, 0.25) is 0 Å². The van der Waals surface area contributed by atoms with Gasteiger partial charge in [-0.15, -0.1) is 0 Å². The lowest BCUT2D eigenvalue weighted by Gasteiger charge is -2.24. The minimum absolute atomic E-state index is 0.0676. The molecule has 1 heterocycles. The molecule has 124 valence electrons. The highest BCUT2D eigenvalue weighted by molar-refractivity contribution is 6.09. The summed E-state index contributed by atoms with van der Waals surface area (Å²) in [6.45, 7) is 3.32. The summed E-state index contributed by atoms with van der Waals surface area (Å²) in [7, 11) is 0. The van der Waals surface area contributed by atoms with Crippen molar-refractivity contribution in [2.24, 2.45) is 0 Å². The predicted octanol–water partition coefficient (Wildman–Crippen LogP) is 3.36. The highest BCUT2D eigenvalue weighted by Gasteiger charge is 2.37. The van der Waals surface area contributed by atoms with Crippen molar-refractivity contribution in [3.8, 4) is 11.5 Å². The van der Waals surface area contributed by atoms with E-state index in [9.17, 15) is 15.0 Å². The second kappa shape index (κ2) is 6.13. The number of phenolic OH excluding ortho intramolecular Hbond substituents is 1. The molecular formula is C20H20O4. The Morgan fingerprint density at radius 3 is 2.58 bits per heavy atom. The summed E-state index contributed by atoms with van der Waals surface area (Å²) in [4.78, 5) is 12.4. The van der Waals surface area contributed by atoms with E-state index >= 15 is 0 Å². The Morgan fingerprint density at radius 2 is 1.92 bits per heavy atom. The minimum atomic E-state index is -1.02. The van der Waals surface area contributed by atoms with Gasteiger partial charge >= 0.3 is 0 Å². The molecule has 24 heavy (non-hydrogen) atoms. The number of rotatable bonds is 4. The van der Waals surface area contributed by atoms with Gasteiger partial charge in [-0.3, -0.25) is 4.79 Å². The molecule has 0 aliphatic carbocycles. The number of hydrogen-bond donors (Lipinski definition) is 2. The van der Waals surface area contributed by atoms with E-state index in [4.69, 9.17) is 4.74 Å². The van der Waals surface area contributed by atoms with Crippen molar-refractivity contribution in [3.63, 3.8) is 0 Å². The number of phenols is 1. The van der Waals surface area contributed by atoms with Crippen molar-refractivity contribution in [3.05, 3.63) is 65.2 Å². The van der Waals surface area contributed by atoms with Crippen molar-refractivity contribution >= 4 is 11.9 Å². The lowest BCUT2D eigenvalue weighted by Crippen LogP contribution is -2.39. The summed E-state index contributed by atoms with van der Waals surface area (Å²) in [5.41, 5.74) is 0.696. The Balaban J connectivity index is 1.84. The maximum absolute atomic E-state index is 12.4. The number of carbonyl (C=O) groups is 1. The van der Waals surface area contributed by atoms with Crippen LogP contribution in [0, 0.1) is 0 Å². The molecule has 2 aromatic rings. The van der Waals surface area contributed by atoms with Crippen molar-refractivity contribution in [2.75, 3.05) is 0 Å². The zero-order valence-electron chi connectivity index (χ0n) is 13.7. The number of fused-ring (bicyclic) bond motifs is 1. The fraction of sp³-hybridized carbons (Fsp3) is 0.250. The predicted molar refractivity (Wildman–Crippen MR) is 92.3 cm³/mol. The molecule has 0 radical (unpaired) electrons. The van der Waals surface area contributed by atoms with Crippen LogP contribution in [0.1, 0.15) is 35.3 Å². The van der Waals surface area contributed by atoms with Crippen LogP contribution in [0.4, 0.5) is 0 Å². The van der Waals surface area contributed by atoms with Gasteiger partial charge in [0.25, 0.3) is 0 Å². The van der Waals surface area contributed by atoms with Crippen LogP contribution in [0.5, 0.6) is 11.5 Å². The molecule has 4 heteroatoms. The molecule has 1 aliphatic heterocycles. The number of ether oxygens (including phenoxy) is 1. The maximum Gasteiger partial charge on any atom is 0.189 e. The second-order valence-corrected chi connectivity index (χ2v) is 6.51. The van der Waals surface area contributed by atoms with Crippen LogP contribution in [0.3, 0.4) is 0 Å². The first-order valence-electron chi connectivity index (χ1n) is 7.87. The number of aliphatic hydroxyl groups is 1. The number of aromatic hydroxyl groups is 1. The SMILES string of the molecule is CC(C)(O)C1Cc2c(ccc(C(=O)C=Cc3ccccc3)c2O)O1. The topological polar surface area (TPSA) is 66.8 Å². The standard InChI is InChI=1S/C20H20O4/c1-20(2,23)18-12-15-17(24-18)11-9-14(19(15)22)16(21)10-8-13-6-4-3-5-7-13/h3-11,18,22-23H,12H2,1-2H3. The van der Waals surface area contributed by atoms with Gasteiger partial charge in [0, 0.05) is 12.0 Å². The molecule has 1 atom stereocenters. The fourth-order valence-corrected chi connectivity index (χ4v) is 2.72. The lowest BCUT2D eigenvalue weighted by atomic mass is 9.95. The molecule has 0 fully saturated rings. The van der Waals surface area contributed by atoms with Gasteiger partial charge in [0.15, 0.2) is 5.78 Å². The average Bonchev–Trinajstić information content (AvgIpc) is 2.99. The van der Waals surface area contributed by atoms with E-state index in [0.29, 0.717) is 17.7 Å². The highest BCUT2D eigenvalue weighted by atomic mass is 16.5. The molecular weight excluding hydrogens is 304 g/mol. The third-order valence-corrected chi connectivity index (χ3v) is 4.18. The van der Waals surface area contributed by atoms with Crippen molar-refractivity contribution in [2.45, 2.75) is 32.0 Å². The van der Waals surface area contributed by atoms with Gasteiger partial charge in [0.2, 0.25) is 0 Å². The molecule has 0 bridgehead atoms. The zero-order chi connectivity index (χ0) is 17.3. The monoisotopic (exact) mass is 324 g/mol. The van der Waals surface area contributed by atoms with Crippen LogP contribution in [-0.2, 0) is 6.42 Å². The smallest absolute Gasteiger partial charge is 0.189 e. The number of carbonyl (C=O) groups excluding carboxylic acids is 1. The largest absolute Gasteiger partial charge is 0.507 e. The maximum atomic E-state index is 12.4. The third kappa shape index (κ3) is 3.19. The Hall–Kier alpha value is -2.59. The first-order chi connectivity index (χ1) is 11.4. The minimum Gasteiger partial charge on any atom is -0.507 e. The Kier molecular flexibility index (Phi) is 4.16. The summed E-state index contributed by atoms with van der Waals surface area (Å²) in [6.07, 6.45) is 3.09. The van der Waals surface area contributed by atoms with E-state index in [1.165, 1.54) is 6.08 Å². The van der Waals surface area contributed by atoms with E-state index < -0.39 is 11.7 Å². The van der Waals surface area contributed by atoms with E-state index in [2.05, 4.69) is 0 Å². The molecule has 3 rings (SSSR count). The van der Waals surface area contributed by atoms with E-state index in [0.717, 1.165) is 5.56 Å². The summed E-state index contributed by atoms with van der Waals surface area (Å²) in [5.74, 6) is 0.177. The summed E-state index contributed by atoms with van der Waals surface area (Å²) in [5, 5.41) is 20.5. The van der Waals surface area contributed by atoms with Crippen LogP contribution < -0.4 is 4.74 Å². The molecule has 2 N–H and O–H groups in total. The van der Waals surface area contributed by atoms with Crippen LogP contribution >= 0.6 is 0 Å². The lowest BCUT2D eigenvalue weighted by molar-refractivity contribution is -0.0229. The van der Waals surface area contributed by atoms with Gasteiger partial charge in [-0.25, -0.2) is 0 Å². The molecule has 0 aromatic heterocycles. The summed E-state index contributed by atoms with van der Waals surface area (Å²) >= 11 is 0. The molecule has 2 aromatic carbocycles. The normalized spacial score (nSPS) is 16.9. The summed E-state index contributed by atoms with van der Waals surface area (Å²) < 4.78 is 5.68.